The molecule has 0 fully saturated rings. The van der Waals surface area contributed by atoms with Crippen LogP contribution in [-0.4, -0.2) is 26.9 Å². The Balaban J connectivity index is 1.64. The van der Waals surface area contributed by atoms with Gasteiger partial charge in [-0.05, 0) is 39.0 Å². The van der Waals surface area contributed by atoms with E-state index in [0.717, 1.165) is 11.4 Å². The van der Waals surface area contributed by atoms with E-state index >= 15 is 0 Å². The molecule has 2 aromatic heterocycles. The first-order valence-electron chi connectivity index (χ1n) is 10.1. The SMILES string of the molecule is Cc1nc(/C=C/C2=[N+](C)c3ccccc3C2(C)C)cc2c3ccccc3n(C)c12. The molecule has 0 N–H and O–H groups in total. The summed E-state index contributed by atoms with van der Waals surface area (Å²) in [5.41, 5.74) is 8.43. The van der Waals surface area contributed by atoms with Gasteiger partial charge in [-0.15, -0.1) is 0 Å². The van der Waals surface area contributed by atoms with Crippen molar-refractivity contribution in [2.45, 2.75) is 26.2 Å². The van der Waals surface area contributed by atoms with Gasteiger partial charge in [-0.25, -0.2) is 0 Å². The Morgan fingerprint density at radius 1 is 0.966 bits per heavy atom. The zero-order valence-electron chi connectivity index (χ0n) is 17.7. The summed E-state index contributed by atoms with van der Waals surface area (Å²) in [6, 6.07) is 19.5. The zero-order valence-corrected chi connectivity index (χ0v) is 17.7. The van der Waals surface area contributed by atoms with Crippen LogP contribution in [-0.2, 0) is 12.5 Å². The third-order valence-corrected chi connectivity index (χ3v) is 6.43. The minimum Gasteiger partial charge on any atom is -0.342 e. The average molecular weight is 381 g/mol. The van der Waals surface area contributed by atoms with Gasteiger partial charge < -0.3 is 4.57 Å². The van der Waals surface area contributed by atoms with Gasteiger partial charge in [0.1, 0.15) is 7.05 Å². The molecule has 0 aliphatic carbocycles. The number of hydrogen-bond acceptors (Lipinski definition) is 1. The predicted molar refractivity (Wildman–Crippen MR) is 122 cm³/mol. The van der Waals surface area contributed by atoms with Crippen molar-refractivity contribution in [1.29, 1.82) is 0 Å². The van der Waals surface area contributed by atoms with Crippen molar-refractivity contribution in [2.24, 2.45) is 7.05 Å². The summed E-state index contributed by atoms with van der Waals surface area (Å²) in [5, 5.41) is 2.55. The molecule has 0 atom stereocenters. The van der Waals surface area contributed by atoms with E-state index in [0.29, 0.717) is 0 Å². The molecule has 29 heavy (non-hydrogen) atoms. The van der Waals surface area contributed by atoms with Crippen LogP contribution in [0.4, 0.5) is 5.69 Å². The third kappa shape index (κ3) is 2.50. The molecule has 5 rings (SSSR count). The van der Waals surface area contributed by atoms with Gasteiger partial charge in [0.2, 0.25) is 5.69 Å². The van der Waals surface area contributed by atoms with Crippen molar-refractivity contribution >= 4 is 39.3 Å². The van der Waals surface area contributed by atoms with Crippen molar-refractivity contribution < 1.29 is 4.58 Å². The molecule has 0 spiro atoms. The van der Waals surface area contributed by atoms with Crippen molar-refractivity contribution in [1.82, 2.24) is 9.55 Å². The number of hydrogen-bond donors (Lipinski definition) is 0. The third-order valence-electron chi connectivity index (χ3n) is 6.43. The van der Waals surface area contributed by atoms with E-state index in [9.17, 15) is 0 Å². The first kappa shape index (κ1) is 17.9. The molecule has 3 heteroatoms. The minimum absolute atomic E-state index is 0.0273. The highest BCUT2D eigenvalue weighted by molar-refractivity contribution is 6.09. The second-order valence-corrected chi connectivity index (χ2v) is 8.52. The lowest BCUT2D eigenvalue weighted by Crippen LogP contribution is -2.26. The number of pyridine rings is 1. The van der Waals surface area contributed by atoms with Crippen molar-refractivity contribution in [2.75, 3.05) is 7.05 Å². The van der Waals surface area contributed by atoms with Crippen LogP contribution in [0.1, 0.15) is 30.8 Å². The summed E-state index contributed by atoms with van der Waals surface area (Å²) >= 11 is 0. The van der Waals surface area contributed by atoms with Gasteiger partial charge in [-0.2, -0.15) is 4.58 Å². The molecule has 144 valence electrons. The molecule has 0 saturated carbocycles. The van der Waals surface area contributed by atoms with Gasteiger partial charge in [0, 0.05) is 41.0 Å². The topological polar surface area (TPSA) is 20.8 Å². The van der Waals surface area contributed by atoms with Crippen LogP contribution in [0.5, 0.6) is 0 Å². The Kier molecular flexibility index (Phi) is 3.79. The van der Waals surface area contributed by atoms with Crippen LogP contribution < -0.4 is 0 Å². The van der Waals surface area contributed by atoms with Gasteiger partial charge >= 0.3 is 0 Å². The largest absolute Gasteiger partial charge is 0.342 e. The van der Waals surface area contributed by atoms with E-state index in [1.807, 2.05) is 0 Å². The Labute approximate surface area is 171 Å². The molecule has 1 aliphatic rings. The number of allylic oxidation sites excluding steroid dienone is 1. The Bertz CT molecular complexity index is 1350. The van der Waals surface area contributed by atoms with Crippen molar-refractivity contribution in [3.63, 3.8) is 0 Å². The standard InChI is InChI=1S/C26H26N3/c1-17-25-20(19-10-6-8-12-22(19)29(25)5)16-18(27-17)14-15-24-26(2,3)21-11-7-9-13-23(21)28(24)4/h6-16H,1-5H3/q+1. The Morgan fingerprint density at radius 2 is 1.69 bits per heavy atom. The van der Waals surface area contributed by atoms with Crippen LogP contribution in [0.15, 0.2) is 60.7 Å². The summed E-state index contributed by atoms with van der Waals surface area (Å²) in [6.07, 6.45) is 4.40. The van der Waals surface area contributed by atoms with Crippen LogP contribution in [0.2, 0.25) is 0 Å². The smallest absolute Gasteiger partial charge is 0.209 e. The summed E-state index contributed by atoms with van der Waals surface area (Å²) in [7, 11) is 4.28. The number of benzene rings is 2. The van der Waals surface area contributed by atoms with Gasteiger partial charge in [0.05, 0.1) is 22.3 Å². The maximum Gasteiger partial charge on any atom is 0.209 e. The second kappa shape index (κ2) is 6.15. The lowest BCUT2D eigenvalue weighted by atomic mass is 9.81. The van der Waals surface area contributed by atoms with Crippen LogP contribution >= 0.6 is 0 Å². The highest BCUT2D eigenvalue weighted by Crippen LogP contribution is 2.39. The number of rotatable bonds is 2. The highest BCUT2D eigenvalue weighted by Gasteiger charge is 2.42. The maximum absolute atomic E-state index is 4.90. The molecule has 0 saturated heterocycles. The molecule has 3 nitrogen and oxygen atoms in total. The number of aryl methyl sites for hydroxylation is 2. The molecular weight excluding hydrogens is 354 g/mol. The molecular formula is C26H26N3+. The Hall–Kier alpha value is -3.20. The molecule has 3 heterocycles. The van der Waals surface area contributed by atoms with Crippen molar-refractivity contribution in [3.8, 4) is 0 Å². The summed E-state index contributed by atoms with van der Waals surface area (Å²) in [5.74, 6) is 0. The van der Waals surface area contributed by atoms with E-state index in [1.165, 1.54) is 38.8 Å². The van der Waals surface area contributed by atoms with Crippen LogP contribution in [0, 0.1) is 6.92 Å². The number of nitrogens with zero attached hydrogens (tertiary/aromatic N) is 3. The zero-order chi connectivity index (χ0) is 20.3. The highest BCUT2D eigenvalue weighted by atomic mass is 15.0. The fraction of sp³-hybridized carbons (Fsp3) is 0.231. The normalized spacial score (nSPS) is 15.8. The van der Waals surface area contributed by atoms with E-state index < -0.39 is 0 Å². The Morgan fingerprint density at radius 3 is 2.48 bits per heavy atom. The fourth-order valence-electron chi connectivity index (χ4n) is 4.98. The van der Waals surface area contributed by atoms with E-state index in [-0.39, 0.29) is 5.41 Å². The minimum atomic E-state index is -0.0273. The van der Waals surface area contributed by atoms with E-state index in [1.54, 1.807) is 0 Å². The van der Waals surface area contributed by atoms with Gasteiger partial charge in [0.25, 0.3) is 0 Å². The maximum atomic E-state index is 4.90. The molecule has 0 radical (unpaired) electrons. The quantitative estimate of drug-likeness (QED) is 0.405. The van der Waals surface area contributed by atoms with E-state index in [4.69, 9.17) is 4.98 Å². The molecule has 0 unspecified atom stereocenters. The predicted octanol–water partition coefficient (Wildman–Crippen LogP) is 5.75. The lowest BCUT2D eigenvalue weighted by Gasteiger charge is -2.15. The van der Waals surface area contributed by atoms with Crippen molar-refractivity contribution in [3.05, 3.63) is 77.6 Å². The first-order valence-corrected chi connectivity index (χ1v) is 10.1. The van der Waals surface area contributed by atoms with Crippen LogP contribution in [0.25, 0.3) is 27.9 Å². The average Bonchev–Trinajstić information content (AvgIpc) is 3.10. The second-order valence-electron chi connectivity index (χ2n) is 8.52. The van der Waals surface area contributed by atoms with E-state index in [2.05, 4.69) is 111 Å². The molecule has 4 aromatic rings. The van der Waals surface area contributed by atoms with Gasteiger partial charge in [-0.1, -0.05) is 36.4 Å². The molecule has 0 bridgehead atoms. The monoisotopic (exact) mass is 380 g/mol. The molecule has 0 amide bonds. The summed E-state index contributed by atoms with van der Waals surface area (Å²) < 4.78 is 4.55. The number of para-hydroxylation sites is 2. The molecule has 2 aromatic carbocycles. The summed E-state index contributed by atoms with van der Waals surface area (Å²) in [6.45, 7) is 6.69. The van der Waals surface area contributed by atoms with Crippen LogP contribution in [0.3, 0.4) is 0 Å². The lowest BCUT2D eigenvalue weighted by molar-refractivity contribution is -0.401. The number of fused-ring (bicyclic) bond motifs is 4. The number of aromatic nitrogens is 2. The molecule has 1 aliphatic heterocycles. The van der Waals surface area contributed by atoms with Gasteiger partial charge in [0.15, 0.2) is 5.71 Å². The first-order chi connectivity index (χ1) is 13.9. The summed E-state index contributed by atoms with van der Waals surface area (Å²) in [4.78, 5) is 4.90. The van der Waals surface area contributed by atoms with Gasteiger partial charge in [-0.3, -0.25) is 4.98 Å². The fourth-order valence-corrected chi connectivity index (χ4v) is 4.98.